The number of aromatic nitrogens is 3. The number of fused-ring (bicyclic) bond motifs is 1. The van der Waals surface area contributed by atoms with Crippen molar-refractivity contribution in [1.29, 1.82) is 0 Å². The highest BCUT2D eigenvalue weighted by atomic mass is 16.5. The van der Waals surface area contributed by atoms with Gasteiger partial charge in [0, 0.05) is 13.1 Å². The number of hydrogen-bond acceptors (Lipinski definition) is 5. The highest BCUT2D eigenvalue weighted by Gasteiger charge is 2.27. The van der Waals surface area contributed by atoms with E-state index in [9.17, 15) is 9.90 Å². The van der Waals surface area contributed by atoms with Gasteiger partial charge in [-0.2, -0.15) is 5.10 Å². The minimum absolute atomic E-state index is 0.0598. The number of aliphatic hydroxyl groups is 1. The summed E-state index contributed by atoms with van der Waals surface area (Å²) in [5.41, 5.74) is 3.59. The van der Waals surface area contributed by atoms with Gasteiger partial charge in [-0.1, -0.05) is 42.4 Å². The number of aliphatic hydroxyl groups excluding tert-OH is 1. The molecule has 1 aliphatic rings. The largest absolute Gasteiger partial charge is 0.382 e. The Morgan fingerprint density at radius 2 is 2.07 bits per heavy atom. The maximum Gasteiger partial charge on any atom is 0.259 e. The minimum Gasteiger partial charge on any atom is -0.382 e. The molecule has 1 atom stereocenters. The zero-order chi connectivity index (χ0) is 19.7. The van der Waals surface area contributed by atoms with Crippen LogP contribution < -0.4 is 0 Å². The number of amides is 1. The first-order valence-corrected chi connectivity index (χ1v) is 9.62. The maximum atomic E-state index is 13.1. The summed E-state index contributed by atoms with van der Waals surface area (Å²) in [6.45, 7) is 5.54. The first kappa shape index (κ1) is 18.4. The molecule has 0 fully saturated rings. The van der Waals surface area contributed by atoms with Gasteiger partial charge in [-0.15, -0.1) is 0 Å². The van der Waals surface area contributed by atoms with Gasteiger partial charge in [0.1, 0.15) is 17.4 Å². The Balaban J connectivity index is 1.59. The molecule has 1 unspecified atom stereocenters. The Bertz CT molecular complexity index is 977. The van der Waals surface area contributed by atoms with E-state index in [2.05, 4.69) is 10.3 Å². The van der Waals surface area contributed by atoms with Gasteiger partial charge >= 0.3 is 0 Å². The van der Waals surface area contributed by atoms with Crippen LogP contribution in [0.5, 0.6) is 0 Å². The number of hydrogen-bond donors (Lipinski definition) is 1. The number of benzene rings is 1. The second kappa shape index (κ2) is 7.59. The lowest BCUT2D eigenvalue weighted by Crippen LogP contribution is -2.31. The molecule has 2 aromatic heterocycles. The molecule has 146 valence electrons. The molecule has 1 aromatic carbocycles. The van der Waals surface area contributed by atoms with E-state index < -0.39 is 6.10 Å². The summed E-state index contributed by atoms with van der Waals surface area (Å²) in [5, 5.41) is 19.3. The minimum atomic E-state index is -0.781. The van der Waals surface area contributed by atoms with Gasteiger partial charge in [-0.25, -0.2) is 0 Å². The van der Waals surface area contributed by atoms with Crippen molar-refractivity contribution in [3.63, 3.8) is 0 Å². The third-order valence-electron chi connectivity index (χ3n) is 5.20. The molecule has 0 spiro atoms. The Morgan fingerprint density at radius 1 is 1.29 bits per heavy atom. The molecule has 3 aromatic rings. The monoisotopic (exact) mass is 380 g/mol. The van der Waals surface area contributed by atoms with Crippen molar-refractivity contribution < 1.29 is 14.4 Å². The Hall–Kier alpha value is -2.93. The molecular formula is C21H24N4O3. The van der Waals surface area contributed by atoms with Crippen molar-refractivity contribution in [2.24, 2.45) is 0 Å². The van der Waals surface area contributed by atoms with Gasteiger partial charge < -0.3 is 14.5 Å². The van der Waals surface area contributed by atoms with E-state index in [4.69, 9.17) is 4.52 Å². The lowest BCUT2D eigenvalue weighted by Gasteiger charge is -2.20. The first-order valence-electron chi connectivity index (χ1n) is 9.62. The van der Waals surface area contributed by atoms with Crippen LogP contribution in [0, 0.1) is 6.92 Å². The van der Waals surface area contributed by atoms with Crippen molar-refractivity contribution >= 4 is 5.91 Å². The van der Waals surface area contributed by atoms with E-state index in [-0.39, 0.29) is 5.91 Å². The quantitative estimate of drug-likeness (QED) is 0.752. The molecule has 1 aliphatic heterocycles. The van der Waals surface area contributed by atoms with Gasteiger partial charge in [0.2, 0.25) is 0 Å². The Kier molecular flexibility index (Phi) is 5.00. The summed E-state index contributed by atoms with van der Waals surface area (Å²) in [6, 6.07) is 11.4. The third-order valence-corrected chi connectivity index (χ3v) is 5.20. The molecule has 1 amide bonds. The third kappa shape index (κ3) is 3.33. The predicted molar refractivity (Wildman–Crippen MR) is 103 cm³/mol. The molecule has 0 bridgehead atoms. The van der Waals surface area contributed by atoms with E-state index in [1.807, 2.05) is 52.9 Å². The fraction of sp³-hybridized carbons (Fsp3) is 0.381. The Labute approximate surface area is 163 Å². The average molecular weight is 380 g/mol. The molecule has 28 heavy (non-hydrogen) atoms. The van der Waals surface area contributed by atoms with Crippen molar-refractivity contribution in [3.05, 3.63) is 70.4 Å². The second-order valence-corrected chi connectivity index (χ2v) is 7.09. The second-order valence-electron chi connectivity index (χ2n) is 7.09. The topological polar surface area (TPSA) is 84.4 Å². The van der Waals surface area contributed by atoms with Gasteiger partial charge in [0.15, 0.2) is 0 Å². The Morgan fingerprint density at radius 3 is 2.82 bits per heavy atom. The number of nitrogens with zero attached hydrogens (tertiary/aromatic N) is 4. The number of aryl methyl sites for hydroxylation is 3. The molecule has 1 N–H and O–H groups in total. The van der Waals surface area contributed by atoms with Gasteiger partial charge in [-0.05, 0) is 31.4 Å². The molecule has 4 rings (SSSR count). The molecule has 0 radical (unpaired) electrons. The molecule has 0 aliphatic carbocycles. The number of carbonyl (C=O) groups excluding carboxylic acids is 1. The summed E-state index contributed by atoms with van der Waals surface area (Å²) in [6.07, 6.45) is 0.668. The molecule has 0 saturated carbocycles. The van der Waals surface area contributed by atoms with Crippen LogP contribution in [0.1, 0.15) is 58.2 Å². The smallest absolute Gasteiger partial charge is 0.259 e. The lowest BCUT2D eigenvalue weighted by atomic mass is 10.1. The normalized spacial score (nSPS) is 15.2. The highest BCUT2D eigenvalue weighted by Crippen LogP contribution is 2.25. The summed E-state index contributed by atoms with van der Waals surface area (Å²) in [5.74, 6) is 0.496. The zero-order valence-electron chi connectivity index (χ0n) is 16.1. The standard InChI is InChI=1S/C21H24N4O3/c1-3-17-19(14(2)28-23-17)21(27)24-10-7-11-25-16(13-24)12-18(22-25)20(26)15-8-5-4-6-9-15/h4-6,8-9,12,20,26H,3,7,10-11,13H2,1-2H3. The summed E-state index contributed by atoms with van der Waals surface area (Å²) in [4.78, 5) is 15.0. The highest BCUT2D eigenvalue weighted by molar-refractivity contribution is 5.96. The first-order chi connectivity index (χ1) is 13.6. The van der Waals surface area contributed by atoms with Crippen LogP contribution in [0.2, 0.25) is 0 Å². The molecule has 0 saturated heterocycles. The van der Waals surface area contributed by atoms with E-state index in [0.717, 1.165) is 17.7 Å². The van der Waals surface area contributed by atoms with Crippen LogP contribution >= 0.6 is 0 Å². The predicted octanol–water partition coefficient (Wildman–Crippen LogP) is 2.87. The number of carbonyl (C=O) groups is 1. The van der Waals surface area contributed by atoms with E-state index in [1.54, 1.807) is 6.92 Å². The average Bonchev–Trinajstić information content (AvgIpc) is 3.24. The zero-order valence-corrected chi connectivity index (χ0v) is 16.1. The van der Waals surface area contributed by atoms with E-state index in [1.165, 1.54) is 0 Å². The lowest BCUT2D eigenvalue weighted by molar-refractivity contribution is 0.0743. The fourth-order valence-electron chi connectivity index (χ4n) is 3.69. The fourth-order valence-corrected chi connectivity index (χ4v) is 3.69. The molecular weight excluding hydrogens is 356 g/mol. The SMILES string of the molecule is CCc1noc(C)c1C(=O)N1CCCn2nc(C(O)c3ccccc3)cc2C1. The van der Waals surface area contributed by atoms with Crippen LogP contribution in [0.3, 0.4) is 0 Å². The van der Waals surface area contributed by atoms with E-state index in [0.29, 0.717) is 48.8 Å². The van der Waals surface area contributed by atoms with Gasteiger partial charge in [0.05, 0.1) is 23.6 Å². The molecule has 7 nitrogen and oxygen atoms in total. The van der Waals surface area contributed by atoms with Crippen LogP contribution in [0.4, 0.5) is 0 Å². The summed E-state index contributed by atoms with van der Waals surface area (Å²) in [7, 11) is 0. The van der Waals surface area contributed by atoms with Crippen LogP contribution in [0.25, 0.3) is 0 Å². The van der Waals surface area contributed by atoms with Crippen molar-refractivity contribution in [2.45, 2.75) is 45.9 Å². The molecule has 3 heterocycles. The molecule has 7 heteroatoms. The summed E-state index contributed by atoms with van der Waals surface area (Å²) >= 11 is 0. The van der Waals surface area contributed by atoms with Crippen molar-refractivity contribution in [2.75, 3.05) is 6.54 Å². The summed E-state index contributed by atoms with van der Waals surface area (Å²) < 4.78 is 7.13. The van der Waals surface area contributed by atoms with Crippen LogP contribution in [-0.2, 0) is 19.5 Å². The maximum absolute atomic E-state index is 13.1. The van der Waals surface area contributed by atoms with Gasteiger partial charge in [-0.3, -0.25) is 9.48 Å². The van der Waals surface area contributed by atoms with Crippen LogP contribution in [0.15, 0.2) is 40.9 Å². The number of rotatable bonds is 4. The van der Waals surface area contributed by atoms with Crippen molar-refractivity contribution in [1.82, 2.24) is 19.8 Å². The van der Waals surface area contributed by atoms with Crippen LogP contribution in [-0.4, -0.2) is 37.4 Å². The van der Waals surface area contributed by atoms with E-state index >= 15 is 0 Å². The van der Waals surface area contributed by atoms with Gasteiger partial charge in [0.25, 0.3) is 5.91 Å². The van der Waals surface area contributed by atoms with Crippen molar-refractivity contribution in [3.8, 4) is 0 Å².